The van der Waals surface area contributed by atoms with Crippen molar-refractivity contribution in [3.05, 3.63) is 23.4 Å². The molecule has 0 aliphatic carbocycles. The normalized spacial score (nSPS) is 21.9. The molecular weight excluding hydrogens is 408 g/mol. The maximum atomic E-state index is 12.6. The number of ether oxygens (including phenoxy) is 1. The third-order valence-electron chi connectivity index (χ3n) is 6.40. The molecule has 2 aliphatic heterocycles. The molecule has 178 valence electrons. The van der Waals surface area contributed by atoms with E-state index in [4.69, 9.17) is 9.72 Å². The van der Waals surface area contributed by atoms with Crippen LogP contribution in [0.4, 0.5) is 5.82 Å². The molecule has 3 unspecified atom stereocenters. The summed E-state index contributed by atoms with van der Waals surface area (Å²) >= 11 is 0. The first-order valence-corrected chi connectivity index (χ1v) is 12.1. The van der Waals surface area contributed by atoms with E-state index < -0.39 is 17.8 Å². The van der Waals surface area contributed by atoms with E-state index in [9.17, 15) is 14.7 Å². The number of anilines is 1. The number of morpholine rings is 1. The van der Waals surface area contributed by atoms with Gasteiger partial charge in [0.25, 0.3) is 0 Å². The number of aliphatic carboxylic acids is 1. The minimum atomic E-state index is -1.05. The Morgan fingerprint density at radius 3 is 2.66 bits per heavy atom. The van der Waals surface area contributed by atoms with Crippen LogP contribution in [0.1, 0.15) is 70.1 Å². The van der Waals surface area contributed by atoms with Gasteiger partial charge >= 0.3 is 5.97 Å². The Bertz CT molecular complexity index is 762. The van der Waals surface area contributed by atoms with Crippen molar-refractivity contribution in [2.75, 3.05) is 25.1 Å². The van der Waals surface area contributed by atoms with E-state index in [2.05, 4.69) is 22.9 Å². The van der Waals surface area contributed by atoms with Gasteiger partial charge in [-0.25, -0.2) is 9.99 Å². The van der Waals surface area contributed by atoms with Gasteiger partial charge in [-0.2, -0.15) is 0 Å². The number of fused-ring (bicyclic) bond motifs is 1. The average molecular weight is 447 g/mol. The Labute approximate surface area is 191 Å². The highest BCUT2D eigenvalue weighted by molar-refractivity contribution is 5.96. The molecule has 1 aromatic heterocycles. The zero-order valence-corrected chi connectivity index (χ0v) is 19.4. The summed E-state index contributed by atoms with van der Waals surface area (Å²) in [5.74, 6) is -1.44. The Hall–Kier alpha value is -2.19. The molecule has 0 radical (unpaired) electrons. The summed E-state index contributed by atoms with van der Waals surface area (Å²) in [5.41, 5.74) is 5.27. The zero-order valence-electron chi connectivity index (χ0n) is 19.4. The Balaban J connectivity index is 1.33. The predicted octanol–water partition coefficient (Wildman–Crippen LogP) is 3.16. The van der Waals surface area contributed by atoms with Crippen LogP contribution in [0.15, 0.2) is 12.1 Å². The number of unbranched alkanes of at least 4 members (excludes halogenated alkanes) is 4. The van der Waals surface area contributed by atoms with E-state index in [0.717, 1.165) is 63.0 Å². The minimum absolute atomic E-state index is 0.0255. The number of rotatable bonds is 11. The van der Waals surface area contributed by atoms with E-state index >= 15 is 0 Å². The fraction of sp³-hybridized carbons (Fsp3) is 0.708. The standard InChI is InChI=1S/C24H38N4O4/c1-17-15-32-16-18(2)28(17)27-23(29)21(24(30)31)11-7-5-3-4-6-10-20-13-12-19-9-8-14-25-22(19)26-20/h12-13,17-18,21H,3-11,14-16H2,1-2H3,(H,25,26)(H,27,29)(H,30,31). The number of aromatic nitrogens is 1. The van der Waals surface area contributed by atoms with Crippen molar-refractivity contribution >= 4 is 17.7 Å². The average Bonchev–Trinajstić information content (AvgIpc) is 2.77. The number of carboxylic acids is 1. The van der Waals surface area contributed by atoms with Crippen molar-refractivity contribution in [3.8, 4) is 0 Å². The molecule has 0 aromatic carbocycles. The fourth-order valence-electron chi connectivity index (χ4n) is 4.49. The van der Waals surface area contributed by atoms with Gasteiger partial charge in [-0.15, -0.1) is 0 Å². The van der Waals surface area contributed by atoms with Crippen molar-refractivity contribution in [1.29, 1.82) is 0 Å². The van der Waals surface area contributed by atoms with Crippen LogP contribution in [-0.4, -0.2) is 58.8 Å². The lowest BCUT2D eigenvalue weighted by molar-refractivity contribution is -0.152. The van der Waals surface area contributed by atoms with Gasteiger partial charge in [0.05, 0.1) is 25.3 Å². The number of amides is 1. The highest BCUT2D eigenvalue weighted by atomic mass is 16.5. The van der Waals surface area contributed by atoms with E-state index in [1.165, 1.54) is 12.0 Å². The smallest absolute Gasteiger partial charge is 0.316 e. The Morgan fingerprint density at radius 1 is 1.19 bits per heavy atom. The molecule has 1 saturated heterocycles. The van der Waals surface area contributed by atoms with Crippen LogP contribution in [0.3, 0.4) is 0 Å². The summed E-state index contributed by atoms with van der Waals surface area (Å²) in [7, 11) is 0. The van der Waals surface area contributed by atoms with Gasteiger partial charge in [-0.3, -0.25) is 15.0 Å². The van der Waals surface area contributed by atoms with Crippen LogP contribution >= 0.6 is 0 Å². The summed E-state index contributed by atoms with van der Waals surface area (Å²) in [6.45, 7) is 5.98. The zero-order chi connectivity index (χ0) is 22.9. The molecule has 3 heterocycles. The van der Waals surface area contributed by atoms with Gasteiger partial charge in [-0.05, 0) is 57.6 Å². The number of carbonyl (C=O) groups is 2. The van der Waals surface area contributed by atoms with Gasteiger partial charge in [0.15, 0.2) is 0 Å². The first-order valence-electron chi connectivity index (χ1n) is 12.1. The molecular formula is C24H38N4O4. The number of hydrogen-bond donors (Lipinski definition) is 3. The van der Waals surface area contributed by atoms with Crippen LogP contribution < -0.4 is 10.7 Å². The lowest BCUT2D eigenvalue weighted by Crippen LogP contribution is -2.59. The van der Waals surface area contributed by atoms with Gasteiger partial charge in [0.1, 0.15) is 11.7 Å². The molecule has 0 bridgehead atoms. The molecule has 1 amide bonds. The molecule has 32 heavy (non-hydrogen) atoms. The summed E-state index contributed by atoms with van der Waals surface area (Å²) in [4.78, 5) is 29.0. The van der Waals surface area contributed by atoms with Crippen LogP contribution in [0.25, 0.3) is 0 Å². The number of aryl methyl sites for hydroxylation is 2. The van der Waals surface area contributed by atoms with E-state index in [1.54, 1.807) is 0 Å². The maximum Gasteiger partial charge on any atom is 0.316 e. The summed E-state index contributed by atoms with van der Waals surface area (Å²) in [6, 6.07) is 4.38. The van der Waals surface area contributed by atoms with Crippen LogP contribution in [0.5, 0.6) is 0 Å². The minimum Gasteiger partial charge on any atom is -0.481 e. The predicted molar refractivity (Wildman–Crippen MR) is 123 cm³/mol. The molecule has 3 atom stereocenters. The highest BCUT2D eigenvalue weighted by Crippen LogP contribution is 2.21. The summed E-state index contributed by atoms with van der Waals surface area (Å²) < 4.78 is 5.46. The Morgan fingerprint density at radius 2 is 1.91 bits per heavy atom. The lowest BCUT2D eigenvalue weighted by Gasteiger charge is -2.38. The number of pyridine rings is 1. The second-order valence-corrected chi connectivity index (χ2v) is 9.16. The number of nitrogens with zero attached hydrogens (tertiary/aromatic N) is 2. The third kappa shape index (κ3) is 6.90. The molecule has 3 rings (SSSR count). The second kappa shape index (κ2) is 12.2. The van der Waals surface area contributed by atoms with Crippen molar-refractivity contribution < 1.29 is 19.4 Å². The molecule has 3 N–H and O–H groups in total. The number of carbonyl (C=O) groups excluding carboxylic acids is 1. The topological polar surface area (TPSA) is 104 Å². The largest absolute Gasteiger partial charge is 0.481 e. The fourth-order valence-corrected chi connectivity index (χ4v) is 4.49. The van der Waals surface area contributed by atoms with Gasteiger partial charge in [-0.1, -0.05) is 31.7 Å². The van der Waals surface area contributed by atoms with Gasteiger partial charge in [0, 0.05) is 12.2 Å². The molecule has 8 heteroatoms. The monoisotopic (exact) mass is 446 g/mol. The van der Waals surface area contributed by atoms with Gasteiger partial charge in [0.2, 0.25) is 5.91 Å². The van der Waals surface area contributed by atoms with Crippen LogP contribution in [0.2, 0.25) is 0 Å². The lowest BCUT2D eigenvalue weighted by atomic mass is 9.99. The summed E-state index contributed by atoms with van der Waals surface area (Å²) in [5, 5.41) is 14.7. The number of hydrazine groups is 1. The van der Waals surface area contributed by atoms with Crippen molar-refractivity contribution in [2.24, 2.45) is 5.92 Å². The Kier molecular flexibility index (Phi) is 9.29. The summed E-state index contributed by atoms with van der Waals surface area (Å²) in [6.07, 6.45) is 8.46. The second-order valence-electron chi connectivity index (χ2n) is 9.16. The van der Waals surface area contributed by atoms with Crippen LogP contribution in [0, 0.1) is 5.92 Å². The first-order chi connectivity index (χ1) is 15.5. The van der Waals surface area contributed by atoms with Crippen molar-refractivity contribution in [1.82, 2.24) is 15.4 Å². The van der Waals surface area contributed by atoms with Gasteiger partial charge < -0.3 is 15.2 Å². The molecule has 0 saturated carbocycles. The highest BCUT2D eigenvalue weighted by Gasteiger charge is 2.32. The molecule has 2 aliphatic rings. The van der Waals surface area contributed by atoms with E-state index in [0.29, 0.717) is 19.6 Å². The third-order valence-corrected chi connectivity index (χ3v) is 6.40. The van der Waals surface area contributed by atoms with E-state index in [1.807, 2.05) is 18.9 Å². The number of nitrogens with one attached hydrogen (secondary N) is 2. The van der Waals surface area contributed by atoms with Crippen LogP contribution in [-0.2, 0) is 27.2 Å². The molecule has 0 spiro atoms. The SMILES string of the molecule is CC1COCC(C)N1NC(=O)C(CCCCCCCc1ccc2c(n1)NCCC2)C(=O)O. The maximum absolute atomic E-state index is 12.6. The quantitative estimate of drug-likeness (QED) is 0.354. The molecule has 1 fully saturated rings. The molecule has 1 aromatic rings. The number of carboxylic acid groups (broad SMARTS) is 1. The van der Waals surface area contributed by atoms with E-state index in [-0.39, 0.29) is 12.1 Å². The van der Waals surface area contributed by atoms with Crippen molar-refractivity contribution in [2.45, 2.75) is 83.7 Å². The number of hydrogen-bond acceptors (Lipinski definition) is 6. The molecule has 8 nitrogen and oxygen atoms in total. The van der Waals surface area contributed by atoms with Crippen molar-refractivity contribution in [3.63, 3.8) is 0 Å². The first kappa shape index (κ1) is 24.5.